The highest BCUT2D eigenvalue weighted by molar-refractivity contribution is 5.15. The van der Waals surface area contributed by atoms with Crippen molar-refractivity contribution in [3.63, 3.8) is 0 Å². The van der Waals surface area contributed by atoms with Crippen molar-refractivity contribution in [3.05, 3.63) is 35.9 Å². The van der Waals surface area contributed by atoms with Crippen LogP contribution in [0.5, 0.6) is 0 Å². The average Bonchev–Trinajstić information content (AvgIpc) is 2.46. The third kappa shape index (κ3) is 5.44. The van der Waals surface area contributed by atoms with Gasteiger partial charge in [0.25, 0.3) is 0 Å². The van der Waals surface area contributed by atoms with Gasteiger partial charge in [-0.3, -0.25) is 4.90 Å². The number of likely N-dealkylation sites (tertiary alicyclic amines) is 1. The summed E-state index contributed by atoms with van der Waals surface area (Å²) in [7, 11) is 0. The normalized spacial score (nSPS) is 19.6. The molecular formula is C19H32N2. The summed E-state index contributed by atoms with van der Waals surface area (Å²) in [6.07, 6.45) is 5.07. The maximum absolute atomic E-state index is 6.03. The fourth-order valence-corrected chi connectivity index (χ4v) is 3.54. The Balaban J connectivity index is 1.82. The van der Waals surface area contributed by atoms with Crippen LogP contribution in [-0.4, -0.2) is 30.6 Å². The second-order valence-corrected chi connectivity index (χ2v) is 7.82. The molecule has 2 N–H and O–H groups in total. The molecule has 1 aliphatic rings. The summed E-state index contributed by atoms with van der Waals surface area (Å²) in [5.74, 6) is 0.844. The monoisotopic (exact) mass is 288 g/mol. The first-order valence-corrected chi connectivity index (χ1v) is 8.46. The van der Waals surface area contributed by atoms with Crippen molar-refractivity contribution < 1.29 is 0 Å². The number of benzene rings is 1. The van der Waals surface area contributed by atoms with E-state index in [9.17, 15) is 0 Å². The predicted octanol–water partition coefficient (Wildman–Crippen LogP) is 3.70. The molecule has 1 unspecified atom stereocenters. The van der Waals surface area contributed by atoms with Gasteiger partial charge in [-0.25, -0.2) is 0 Å². The Morgan fingerprint density at radius 1 is 1.14 bits per heavy atom. The number of piperidine rings is 1. The van der Waals surface area contributed by atoms with Gasteiger partial charge in [-0.05, 0) is 55.7 Å². The Morgan fingerprint density at radius 2 is 1.76 bits per heavy atom. The van der Waals surface area contributed by atoms with E-state index in [-0.39, 0.29) is 0 Å². The Morgan fingerprint density at radius 3 is 2.29 bits per heavy atom. The lowest BCUT2D eigenvalue weighted by Gasteiger charge is -2.39. The van der Waals surface area contributed by atoms with E-state index in [0.717, 1.165) is 12.5 Å². The Labute approximate surface area is 130 Å². The summed E-state index contributed by atoms with van der Waals surface area (Å²) in [6.45, 7) is 10.2. The zero-order valence-electron chi connectivity index (χ0n) is 14.0. The third-order valence-electron chi connectivity index (χ3n) is 4.65. The molecule has 0 bridgehead atoms. The second kappa shape index (κ2) is 7.42. The smallest absolute Gasteiger partial charge is 0.0223 e. The lowest BCUT2D eigenvalue weighted by atomic mass is 9.85. The van der Waals surface area contributed by atoms with Crippen LogP contribution in [0.2, 0.25) is 0 Å². The van der Waals surface area contributed by atoms with Gasteiger partial charge in [0, 0.05) is 12.6 Å². The molecule has 1 saturated heterocycles. The minimum atomic E-state index is 0.366. The highest BCUT2D eigenvalue weighted by Crippen LogP contribution is 2.27. The van der Waals surface area contributed by atoms with Crippen LogP contribution in [0.15, 0.2) is 30.3 Å². The molecule has 0 saturated carbocycles. The van der Waals surface area contributed by atoms with E-state index in [4.69, 9.17) is 5.73 Å². The summed E-state index contributed by atoms with van der Waals surface area (Å²) in [5, 5.41) is 0. The predicted molar refractivity (Wildman–Crippen MR) is 91.4 cm³/mol. The number of nitrogens with zero attached hydrogens (tertiary/aromatic N) is 1. The molecule has 0 radical (unpaired) electrons. The van der Waals surface area contributed by atoms with Crippen LogP contribution in [0, 0.1) is 11.3 Å². The first kappa shape index (κ1) is 16.5. The molecule has 0 aromatic heterocycles. The molecule has 118 valence electrons. The number of rotatable bonds is 5. The fraction of sp³-hybridized carbons (Fsp3) is 0.684. The first-order chi connectivity index (χ1) is 9.98. The van der Waals surface area contributed by atoms with E-state index in [1.165, 1.54) is 44.3 Å². The standard InChI is InChI=1S/C19H32N2/c1-19(2,3)14-18(15-20)21-11-9-17(10-12-21)13-16-7-5-4-6-8-16/h4-8,17-18H,9-15,20H2,1-3H3. The maximum atomic E-state index is 6.03. The molecule has 0 spiro atoms. The molecule has 1 aliphatic heterocycles. The SMILES string of the molecule is CC(C)(C)CC(CN)N1CCC(Cc2ccccc2)CC1. The number of hydrogen-bond acceptors (Lipinski definition) is 2. The van der Waals surface area contributed by atoms with E-state index >= 15 is 0 Å². The largest absolute Gasteiger partial charge is 0.329 e. The minimum Gasteiger partial charge on any atom is -0.329 e. The van der Waals surface area contributed by atoms with Crippen LogP contribution in [0.25, 0.3) is 0 Å². The fourth-order valence-electron chi connectivity index (χ4n) is 3.54. The van der Waals surface area contributed by atoms with E-state index in [1.54, 1.807) is 0 Å². The number of nitrogens with two attached hydrogens (primary N) is 1. The van der Waals surface area contributed by atoms with Gasteiger partial charge in [-0.2, -0.15) is 0 Å². The van der Waals surface area contributed by atoms with Gasteiger partial charge < -0.3 is 5.73 Å². The zero-order valence-corrected chi connectivity index (χ0v) is 14.0. The van der Waals surface area contributed by atoms with Crippen LogP contribution in [0.4, 0.5) is 0 Å². The molecule has 21 heavy (non-hydrogen) atoms. The Bertz CT molecular complexity index is 399. The topological polar surface area (TPSA) is 29.3 Å². The molecule has 1 atom stereocenters. The van der Waals surface area contributed by atoms with E-state index in [1.807, 2.05) is 0 Å². The molecule has 1 aromatic rings. The van der Waals surface area contributed by atoms with E-state index < -0.39 is 0 Å². The molecule has 2 rings (SSSR count). The quantitative estimate of drug-likeness (QED) is 0.895. The van der Waals surface area contributed by atoms with E-state index in [0.29, 0.717) is 11.5 Å². The van der Waals surface area contributed by atoms with Gasteiger partial charge >= 0.3 is 0 Å². The van der Waals surface area contributed by atoms with E-state index in [2.05, 4.69) is 56.0 Å². The van der Waals surface area contributed by atoms with Crippen LogP contribution >= 0.6 is 0 Å². The Hall–Kier alpha value is -0.860. The summed E-state index contributed by atoms with van der Waals surface area (Å²) in [6, 6.07) is 11.5. The van der Waals surface area contributed by atoms with Crippen molar-refractivity contribution in [2.24, 2.45) is 17.1 Å². The summed E-state index contributed by atoms with van der Waals surface area (Å²) in [4.78, 5) is 2.63. The summed E-state index contributed by atoms with van der Waals surface area (Å²) < 4.78 is 0. The van der Waals surface area contributed by atoms with Crippen molar-refractivity contribution in [2.75, 3.05) is 19.6 Å². The highest BCUT2D eigenvalue weighted by atomic mass is 15.2. The number of hydrogen-bond donors (Lipinski definition) is 1. The van der Waals surface area contributed by atoms with Crippen LogP contribution in [0.1, 0.15) is 45.6 Å². The molecule has 0 amide bonds. The van der Waals surface area contributed by atoms with Crippen molar-refractivity contribution in [1.29, 1.82) is 0 Å². The molecule has 2 heteroatoms. The van der Waals surface area contributed by atoms with Gasteiger partial charge in [-0.1, -0.05) is 51.1 Å². The van der Waals surface area contributed by atoms with Crippen LogP contribution < -0.4 is 5.73 Å². The molecule has 2 nitrogen and oxygen atoms in total. The molecule has 0 aliphatic carbocycles. The summed E-state index contributed by atoms with van der Waals surface area (Å²) in [5.41, 5.74) is 7.88. The Kier molecular flexibility index (Phi) is 5.83. The van der Waals surface area contributed by atoms with Gasteiger partial charge in [0.1, 0.15) is 0 Å². The lowest BCUT2D eigenvalue weighted by Crippen LogP contribution is -2.47. The average molecular weight is 288 g/mol. The van der Waals surface area contributed by atoms with Crippen LogP contribution in [-0.2, 0) is 6.42 Å². The first-order valence-electron chi connectivity index (χ1n) is 8.46. The van der Waals surface area contributed by atoms with Crippen molar-refractivity contribution in [2.45, 2.75) is 52.5 Å². The van der Waals surface area contributed by atoms with Gasteiger partial charge in [0.2, 0.25) is 0 Å². The van der Waals surface area contributed by atoms with Gasteiger partial charge in [0.15, 0.2) is 0 Å². The third-order valence-corrected chi connectivity index (χ3v) is 4.65. The minimum absolute atomic E-state index is 0.366. The molecule has 1 heterocycles. The van der Waals surface area contributed by atoms with Crippen molar-refractivity contribution in [3.8, 4) is 0 Å². The highest BCUT2D eigenvalue weighted by Gasteiger charge is 2.27. The maximum Gasteiger partial charge on any atom is 0.0223 e. The van der Waals surface area contributed by atoms with Crippen molar-refractivity contribution >= 4 is 0 Å². The van der Waals surface area contributed by atoms with Gasteiger partial charge in [0.05, 0.1) is 0 Å². The lowest BCUT2D eigenvalue weighted by molar-refractivity contribution is 0.107. The molecule has 1 fully saturated rings. The van der Waals surface area contributed by atoms with Crippen molar-refractivity contribution in [1.82, 2.24) is 4.90 Å². The molecular weight excluding hydrogens is 256 g/mol. The second-order valence-electron chi connectivity index (χ2n) is 7.82. The molecule has 1 aromatic carbocycles. The summed E-state index contributed by atoms with van der Waals surface area (Å²) >= 11 is 0. The van der Waals surface area contributed by atoms with Crippen LogP contribution in [0.3, 0.4) is 0 Å². The zero-order chi connectivity index (χ0) is 15.3. The van der Waals surface area contributed by atoms with Gasteiger partial charge in [-0.15, -0.1) is 0 Å².